The third-order valence-corrected chi connectivity index (χ3v) is 2.01. The van der Waals surface area contributed by atoms with Gasteiger partial charge in [0.05, 0.1) is 6.10 Å². The van der Waals surface area contributed by atoms with E-state index in [1.165, 1.54) is 0 Å². The summed E-state index contributed by atoms with van der Waals surface area (Å²) in [6, 6.07) is 0. The number of rotatable bonds is 6. The molecule has 0 radical (unpaired) electrons. The number of hydrogen-bond acceptors (Lipinski definition) is 3. The van der Waals surface area contributed by atoms with Crippen LogP contribution in [0.25, 0.3) is 0 Å². The molecule has 0 fully saturated rings. The van der Waals surface area contributed by atoms with Gasteiger partial charge in [0.25, 0.3) is 5.91 Å². The Morgan fingerprint density at radius 2 is 2.00 bits per heavy atom. The minimum atomic E-state index is -0.422. The second kappa shape index (κ2) is 6.79. The number of amides is 1. The molecule has 0 aromatic heterocycles. The third-order valence-electron chi connectivity index (χ3n) is 2.01. The predicted octanol–water partition coefficient (Wildman–Crippen LogP) is 1.21. The van der Waals surface area contributed by atoms with Gasteiger partial charge in [-0.1, -0.05) is 20.8 Å². The number of carbonyl (C=O) groups is 1. The lowest BCUT2D eigenvalue weighted by Gasteiger charge is -2.21. The number of carbonyl (C=O) groups excluding carboxylic acids is 1. The SMILES string of the molecule is CCC(OC(C)CC(C)C)C(=O)NN. The average Bonchev–Trinajstić information content (AvgIpc) is 2.11. The van der Waals surface area contributed by atoms with Gasteiger partial charge in [0.15, 0.2) is 0 Å². The summed E-state index contributed by atoms with van der Waals surface area (Å²) in [5, 5.41) is 0. The fourth-order valence-corrected chi connectivity index (χ4v) is 1.44. The number of hydrogen-bond donors (Lipinski definition) is 2. The number of ether oxygens (including phenoxy) is 1. The third kappa shape index (κ3) is 5.19. The molecule has 14 heavy (non-hydrogen) atoms. The summed E-state index contributed by atoms with van der Waals surface area (Å²) in [5.41, 5.74) is 2.11. The van der Waals surface area contributed by atoms with Gasteiger partial charge in [0, 0.05) is 0 Å². The van der Waals surface area contributed by atoms with Crippen molar-refractivity contribution in [2.24, 2.45) is 11.8 Å². The monoisotopic (exact) mass is 202 g/mol. The van der Waals surface area contributed by atoms with Crippen LogP contribution in [0.15, 0.2) is 0 Å². The molecule has 4 heteroatoms. The van der Waals surface area contributed by atoms with E-state index in [2.05, 4.69) is 19.3 Å². The van der Waals surface area contributed by atoms with E-state index in [4.69, 9.17) is 10.6 Å². The van der Waals surface area contributed by atoms with Crippen LogP contribution in [-0.4, -0.2) is 18.1 Å². The zero-order valence-electron chi connectivity index (χ0n) is 9.54. The van der Waals surface area contributed by atoms with Crippen molar-refractivity contribution in [2.45, 2.75) is 52.7 Å². The zero-order valence-corrected chi connectivity index (χ0v) is 9.54. The van der Waals surface area contributed by atoms with Crippen LogP contribution in [0.3, 0.4) is 0 Å². The summed E-state index contributed by atoms with van der Waals surface area (Å²) in [5.74, 6) is 5.37. The van der Waals surface area contributed by atoms with Gasteiger partial charge in [-0.25, -0.2) is 5.84 Å². The molecule has 0 saturated heterocycles. The van der Waals surface area contributed by atoms with Gasteiger partial charge in [-0.05, 0) is 25.7 Å². The molecule has 0 aliphatic rings. The number of nitrogens with two attached hydrogens (primary N) is 1. The maximum absolute atomic E-state index is 11.2. The van der Waals surface area contributed by atoms with Crippen molar-refractivity contribution in [3.8, 4) is 0 Å². The van der Waals surface area contributed by atoms with E-state index >= 15 is 0 Å². The quantitative estimate of drug-likeness (QED) is 0.386. The Bertz CT molecular complexity index is 172. The van der Waals surface area contributed by atoms with Crippen LogP contribution in [0.5, 0.6) is 0 Å². The van der Waals surface area contributed by atoms with Crippen LogP contribution in [0.2, 0.25) is 0 Å². The molecule has 0 aromatic rings. The van der Waals surface area contributed by atoms with E-state index < -0.39 is 6.10 Å². The van der Waals surface area contributed by atoms with Crippen molar-refractivity contribution >= 4 is 5.91 Å². The van der Waals surface area contributed by atoms with Crippen LogP contribution in [0.1, 0.15) is 40.5 Å². The lowest BCUT2D eigenvalue weighted by Crippen LogP contribution is -2.41. The van der Waals surface area contributed by atoms with E-state index in [9.17, 15) is 4.79 Å². The highest BCUT2D eigenvalue weighted by Gasteiger charge is 2.19. The molecule has 84 valence electrons. The molecule has 0 aromatic carbocycles. The molecule has 0 bridgehead atoms. The van der Waals surface area contributed by atoms with Gasteiger partial charge >= 0.3 is 0 Å². The van der Waals surface area contributed by atoms with Crippen LogP contribution in [0, 0.1) is 5.92 Å². The molecule has 0 rings (SSSR count). The summed E-state index contributed by atoms with van der Waals surface area (Å²) in [6.07, 6.45) is 1.27. The standard InChI is InChI=1S/C10H22N2O2/c1-5-9(10(13)12-11)14-8(4)6-7(2)3/h7-9H,5-6,11H2,1-4H3,(H,12,13). The molecular formula is C10H22N2O2. The molecule has 2 unspecified atom stereocenters. The van der Waals surface area contributed by atoms with E-state index in [0.29, 0.717) is 12.3 Å². The van der Waals surface area contributed by atoms with Crippen LogP contribution >= 0.6 is 0 Å². The molecule has 3 N–H and O–H groups in total. The fraction of sp³-hybridized carbons (Fsp3) is 0.900. The summed E-state index contributed by atoms with van der Waals surface area (Å²) in [7, 11) is 0. The van der Waals surface area contributed by atoms with E-state index in [1.807, 2.05) is 13.8 Å². The molecule has 0 aliphatic carbocycles. The highest BCUT2D eigenvalue weighted by Crippen LogP contribution is 2.11. The summed E-state index contributed by atoms with van der Waals surface area (Å²) in [6.45, 7) is 8.14. The highest BCUT2D eigenvalue weighted by molar-refractivity contribution is 5.80. The van der Waals surface area contributed by atoms with Crippen molar-refractivity contribution in [3.63, 3.8) is 0 Å². The molecular weight excluding hydrogens is 180 g/mol. The van der Waals surface area contributed by atoms with Gasteiger partial charge in [-0.3, -0.25) is 10.2 Å². The topological polar surface area (TPSA) is 64.3 Å². The molecule has 1 amide bonds. The van der Waals surface area contributed by atoms with E-state index in [1.54, 1.807) is 0 Å². The van der Waals surface area contributed by atoms with Gasteiger partial charge in [0.2, 0.25) is 0 Å². The predicted molar refractivity (Wildman–Crippen MR) is 56.4 cm³/mol. The second-order valence-corrected chi connectivity index (χ2v) is 3.98. The normalized spacial score (nSPS) is 15.3. The smallest absolute Gasteiger partial charge is 0.262 e. The van der Waals surface area contributed by atoms with Gasteiger partial charge < -0.3 is 4.74 Å². The Morgan fingerprint density at radius 3 is 2.36 bits per heavy atom. The van der Waals surface area contributed by atoms with Gasteiger partial charge in [-0.15, -0.1) is 0 Å². The van der Waals surface area contributed by atoms with Crippen LogP contribution < -0.4 is 11.3 Å². The maximum Gasteiger partial charge on any atom is 0.262 e. The van der Waals surface area contributed by atoms with Crippen molar-refractivity contribution in [2.75, 3.05) is 0 Å². The second-order valence-electron chi connectivity index (χ2n) is 3.98. The lowest BCUT2D eigenvalue weighted by molar-refractivity contribution is -0.137. The number of hydrazine groups is 1. The Labute approximate surface area is 86.2 Å². The highest BCUT2D eigenvalue weighted by atomic mass is 16.5. The molecule has 0 spiro atoms. The molecule has 0 heterocycles. The summed E-state index contributed by atoms with van der Waals surface area (Å²) in [4.78, 5) is 11.2. The van der Waals surface area contributed by atoms with E-state index in [-0.39, 0.29) is 12.0 Å². The van der Waals surface area contributed by atoms with E-state index in [0.717, 1.165) is 6.42 Å². The van der Waals surface area contributed by atoms with Crippen molar-refractivity contribution in [1.82, 2.24) is 5.43 Å². The first-order valence-electron chi connectivity index (χ1n) is 5.17. The fourth-order valence-electron chi connectivity index (χ4n) is 1.44. The molecule has 0 aliphatic heterocycles. The molecule has 4 nitrogen and oxygen atoms in total. The first-order valence-corrected chi connectivity index (χ1v) is 5.17. The largest absolute Gasteiger partial charge is 0.365 e. The Kier molecular flexibility index (Phi) is 6.49. The molecule has 0 saturated carbocycles. The Morgan fingerprint density at radius 1 is 1.43 bits per heavy atom. The summed E-state index contributed by atoms with van der Waals surface area (Å²) >= 11 is 0. The maximum atomic E-state index is 11.2. The minimum absolute atomic E-state index is 0.0947. The average molecular weight is 202 g/mol. The zero-order chi connectivity index (χ0) is 11.1. The lowest BCUT2D eigenvalue weighted by atomic mass is 10.1. The van der Waals surface area contributed by atoms with Crippen molar-refractivity contribution in [3.05, 3.63) is 0 Å². The van der Waals surface area contributed by atoms with Crippen molar-refractivity contribution < 1.29 is 9.53 Å². The van der Waals surface area contributed by atoms with Crippen molar-refractivity contribution in [1.29, 1.82) is 0 Å². The summed E-state index contributed by atoms with van der Waals surface area (Å²) < 4.78 is 5.57. The van der Waals surface area contributed by atoms with Gasteiger partial charge in [-0.2, -0.15) is 0 Å². The Hall–Kier alpha value is -0.610. The first kappa shape index (κ1) is 13.4. The Balaban J connectivity index is 3.98. The first-order chi connectivity index (χ1) is 6.51. The van der Waals surface area contributed by atoms with Crippen LogP contribution in [-0.2, 0) is 9.53 Å². The molecule has 2 atom stereocenters. The van der Waals surface area contributed by atoms with Crippen LogP contribution in [0.4, 0.5) is 0 Å². The number of nitrogens with one attached hydrogen (secondary N) is 1. The minimum Gasteiger partial charge on any atom is -0.365 e. The van der Waals surface area contributed by atoms with Gasteiger partial charge in [0.1, 0.15) is 6.10 Å².